The van der Waals surface area contributed by atoms with Crippen molar-refractivity contribution in [2.45, 2.75) is 46.7 Å². The molecule has 3 nitrogen and oxygen atoms in total. The second kappa shape index (κ2) is 6.02. The Morgan fingerprint density at radius 2 is 2.21 bits per heavy atom. The molecule has 2 heterocycles. The van der Waals surface area contributed by atoms with Crippen molar-refractivity contribution in [2.24, 2.45) is 5.41 Å². The summed E-state index contributed by atoms with van der Waals surface area (Å²) in [5.41, 5.74) is 3.02. The summed E-state index contributed by atoms with van der Waals surface area (Å²) in [5, 5.41) is 3.70. The summed E-state index contributed by atoms with van der Waals surface area (Å²) in [6.07, 6.45) is 5.10. The molecule has 1 fully saturated rings. The molecule has 1 N–H and O–H groups in total. The summed E-state index contributed by atoms with van der Waals surface area (Å²) in [6, 6.07) is 2.72. The van der Waals surface area contributed by atoms with E-state index in [4.69, 9.17) is 0 Å². The van der Waals surface area contributed by atoms with Gasteiger partial charge in [0.1, 0.15) is 0 Å². The van der Waals surface area contributed by atoms with Gasteiger partial charge >= 0.3 is 0 Å². The van der Waals surface area contributed by atoms with E-state index in [9.17, 15) is 0 Å². The number of rotatable bonds is 2. The first-order chi connectivity index (χ1) is 8.97. The van der Waals surface area contributed by atoms with Crippen molar-refractivity contribution < 1.29 is 0 Å². The molecule has 0 saturated carbocycles. The van der Waals surface area contributed by atoms with Crippen LogP contribution >= 0.6 is 0 Å². The lowest BCUT2D eigenvalue weighted by Gasteiger charge is -2.33. The molecule has 1 unspecified atom stereocenters. The summed E-state index contributed by atoms with van der Waals surface area (Å²) in [6.45, 7) is 13.6. The van der Waals surface area contributed by atoms with Crippen molar-refractivity contribution in [2.75, 3.05) is 19.6 Å². The third kappa shape index (κ3) is 4.02. The van der Waals surface area contributed by atoms with Gasteiger partial charge in [0.15, 0.2) is 0 Å². The van der Waals surface area contributed by atoms with Crippen LogP contribution in [0.1, 0.15) is 38.3 Å². The van der Waals surface area contributed by atoms with Crippen LogP contribution in [0.5, 0.6) is 0 Å². The quantitative estimate of drug-likeness (QED) is 0.887. The average molecular weight is 261 g/mol. The Kier molecular flexibility index (Phi) is 4.58. The molecule has 3 heteroatoms. The van der Waals surface area contributed by atoms with Crippen LogP contribution in [0.4, 0.5) is 0 Å². The first-order valence-corrected chi connectivity index (χ1v) is 7.32. The summed E-state index contributed by atoms with van der Waals surface area (Å²) in [5.74, 6) is 0. The maximum absolute atomic E-state index is 4.18. The highest BCUT2D eigenvalue weighted by Crippen LogP contribution is 2.22. The van der Waals surface area contributed by atoms with Gasteiger partial charge in [-0.05, 0) is 49.0 Å². The van der Waals surface area contributed by atoms with E-state index >= 15 is 0 Å². The number of aryl methyl sites for hydroxylation is 1. The van der Waals surface area contributed by atoms with Crippen LogP contribution in [0, 0.1) is 12.3 Å². The fraction of sp³-hybridized carbons (Fsp3) is 0.688. The lowest BCUT2D eigenvalue weighted by molar-refractivity contribution is 0.192. The van der Waals surface area contributed by atoms with Crippen LogP contribution < -0.4 is 5.32 Å². The van der Waals surface area contributed by atoms with Gasteiger partial charge in [0.05, 0.1) is 0 Å². The van der Waals surface area contributed by atoms with E-state index in [0.717, 1.165) is 19.6 Å². The third-order valence-corrected chi connectivity index (χ3v) is 4.06. The maximum atomic E-state index is 4.18. The maximum Gasteiger partial charge on any atom is 0.0300 e. The number of hydrogen-bond donors (Lipinski definition) is 1. The average Bonchev–Trinajstić information content (AvgIpc) is 2.57. The summed E-state index contributed by atoms with van der Waals surface area (Å²) in [4.78, 5) is 6.76. The minimum absolute atomic E-state index is 0.315. The van der Waals surface area contributed by atoms with E-state index in [-0.39, 0.29) is 0 Å². The standard InChI is InChI=1S/C16H27N3/c1-13-10-17-8-6-14(13)11-19-9-5-7-18-15(12-19)16(2,3)4/h6,8,10,15,18H,5,7,9,11-12H2,1-4H3. The van der Waals surface area contributed by atoms with Crippen molar-refractivity contribution in [3.05, 3.63) is 29.6 Å². The van der Waals surface area contributed by atoms with E-state index in [1.54, 1.807) is 0 Å². The number of hydrogen-bond acceptors (Lipinski definition) is 3. The number of nitrogens with one attached hydrogen (secondary N) is 1. The predicted molar refractivity (Wildman–Crippen MR) is 80.1 cm³/mol. The second-order valence-corrected chi connectivity index (χ2v) is 6.76. The van der Waals surface area contributed by atoms with Gasteiger partial charge in [-0.3, -0.25) is 9.88 Å². The SMILES string of the molecule is Cc1cnccc1CN1CCCNC(C(C)(C)C)C1. The summed E-state index contributed by atoms with van der Waals surface area (Å²) in [7, 11) is 0. The molecule has 2 rings (SSSR count). The van der Waals surface area contributed by atoms with Crippen LogP contribution in [-0.2, 0) is 6.54 Å². The summed E-state index contributed by atoms with van der Waals surface area (Å²) < 4.78 is 0. The van der Waals surface area contributed by atoms with Gasteiger partial charge in [-0.2, -0.15) is 0 Å². The molecule has 0 amide bonds. The molecule has 0 spiro atoms. The third-order valence-electron chi connectivity index (χ3n) is 4.06. The van der Waals surface area contributed by atoms with E-state index in [2.05, 4.69) is 49.0 Å². The molecule has 0 aromatic carbocycles. The van der Waals surface area contributed by atoms with Gasteiger partial charge in [-0.15, -0.1) is 0 Å². The highest BCUT2D eigenvalue weighted by atomic mass is 15.2. The molecule has 0 bridgehead atoms. The molecule has 19 heavy (non-hydrogen) atoms. The first-order valence-electron chi connectivity index (χ1n) is 7.32. The normalized spacial score (nSPS) is 22.2. The predicted octanol–water partition coefficient (Wildman–Crippen LogP) is 2.60. The number of aromatic nitrogens is 1. The fourth-order valence-corrected chi connectivity index (χ4v) is 2.64. The van der Waals surface area contributed by atoms with E-state index in [1.807, 2.05) is 12.4 Å². The van der Waals surface area contributed by atoms with Crippen LogP contribution in [0.2, 0.25) is 0 Å². The molecule has 106 valence electrons. The molecule has 0 radical (unpaired) electrons. The highest BCUT2D eigenvalue weighted by molar-refractivity contribution is 5.21. The van der Waals surface area contributed by atoms with Crippen molar-refractivity contribution in [1.29, 1.82) is 0 Å². The lowest BCUT2D eigenvalue weighted by Crippen LogP contribution is -2.46. The Bertz CT molecular complexity index is 409. The van der Waals surface area contributed by atoms with Gasteiger partial charge in [0.2, 0.25) is 0 Å². The fourth-order valence-electron chi connectivity index (χ4n) is 2.64. The Morgan fingerprint density at radius 1 is 1.42 bits per heavy atom. The van der Waals surface area contributed by atoms with Gasteiger partial charge in [-0.1, -0.05) is 20.8 Å². The van der Waals surface area contributed by atoms with E-state index < -0.39 is 0 Å². The van der Waals surface area contributed by atoms with Gasteiger partial charge in [0, 0.05) is 31.5 Å². The Hall–Kier alpha value is -0.930. The molecule has 1 aromatic heterocycles. The molecule has 1 saturated heterocycles. The zero-order chi connectivity index (χ0) is 13.9. The molecule has 1 atom stereocenters. The second-order valence-electron chi connectivity index (χ2n) is 6.76. The van der Waals surface area contributed by atoms with Crippen LogP contribution in [-0.4, -0.2) is 35.6 Å². The van der Waals surface area contributed by atoms with Crippen LogP contribution in [0.3, 0.4) is 0 Å². The van der Waals surface area contributed by atoms with Gasteiger partial charge in [-0.25, -0.2) is 0 Å². The number of nitrogens with zero attached hydrogens (tertiary/aromatic N) is 2. The molecular weight excluding hydrogens is 234 g/mol. The zero-order valence-electron chi connectivity index (χ0n) is 12.7. The molecule has 1 aromatic rings. The summed E-state index contributed by atoms with van der Waals surface area (Å²) >= 11 is 0. The molecule has 1 aliphatic heterocycles. The van der Waals surface area contributed by atoms with Crippen LogP contribution in [0.15, 0.2) is 18.5 Å². The van der Waals surface area contributed by atoms with Crippen molar-refractivity contribution in [3.63, 3.8) is 0 Å². The highest BCUT2D eigenvalue weighted by Gasteiger charge is 2.28. The van der Waals surface area contributed by atoms with Crippen LogP contribution in [0.25, 0.3) is 0 Å². The van der Waals surface area contributed by atoms with E-state index in [1.165, 1.54) is 24.1 Å². The monoisotopic (exact) mass is 261 g/mol. The Morgan fingerprint density at radius 3 is 2.89 bits per heavy atom. The molecule has 0 aliphatic carbocycles. The Balaban J connectivity index is 2.05. The first kappa shape index (κ1) is 14.5. The number of pyridine rings is 1. The van der Waals surface area contributed by atoms with Gasteiger partial charge < -0.3 is 5.32 Å². The van der Waals surface area contributed by atoms with Crippen molar-refractivity contribution in [1.82, 2.24) is 15.2 Å². The minimum Gasteiger partial charge on any atom is -0.312 e. The topological polar surface area (TPSA) is 28.2 Å². The zero-order valence-corrected chi connectivity index (χ0v) is 12.7. The van der Waals surface area contributed by atoms with Gasteiger partial charge in [0.25, 0.3) is 0 Å². The Labute approximate surface area is 117 Å². The largest absolute Gasteiger partial charge is 0.312 e. The smallest absolute Gasteiger partial charge is 0.0300 e. The van der Waals surface area contributed by atoms with Crippen molar-refractivity contribution >= 4 is 0 Å². The molecular formula is C16H27N3. The van der Waals surface area contributed by atoms with E-state index in [0.29, 0.717) is 11.5 Å². The minimum atomic E-state index is 0.315. The lowest BCUT2D eigenvalue weighted by atomic mass is 9.86. The van der Waals surface area contributed by atoms with Crippen molar-refractivity contribution in [3.8, 4) is 0 Å². The molecule has 1 aliphatic rings.